The number of aromatic nitrogens is 1. The highest BCUT2D eigenvalue weighted by molar-refractivity contribution is 7.89. The van der Waals surface area contributed by atoms with Crippen molar-refractivity contribution in [3.05, 3.63) is 23.9 Å². The van der Waals surface area contributed by atoms with Crippen molar-refractivity contribution < 1.29 is 13.2 Å². The van der Waals surface area contributed by atoms with E-state index in [1.54, 1.807) is 26.2 Å². The summed E-state index contributed by atoms with van der Waals surface area (Å²) in [5, 5.41) is 2.88. The van der Waals surface area contributed by atoms with Gasteiger partial charge in [-0.15, -0.1) is 0 Å². The van der Waals surface area contributed by atoms with E-state index in [-0.39, 0.29) is 18.2 Å². The molecule has 0 atom stereocenters. The standard InChI is InChI=1S/C11H18N4O3S/c1-12-19(17,18)7-6-13-10-5-4-9(8-14-10)11(16)15(2)3/h4-5,8,12H,6-7H2,1-3H3,(H,13,14). The molecule has 0 spiro atoms. The summed E-state index contributed by atoms with van der Waals surface area (Å²) in [5.74, 6) is 0.363. The minimum absolute atomic E-state index is 0.0381. The van der Waals surface area contributed by atoms with Crippen LogP contribution >= 0.6 is 0 Å². The predicted molar refractivity (Wildman–Crippen MR) is 73.6 cm³/mol. The molecule has 1 aromatic rings. The van der Waals surface area contributed by atoms with Gasteiger partial charge in [0.25, 0.3) is 5.91 Å². The van der Waals surface area contributed by atoms with E-state index in [1.165, 1.54) is 18.1 Å². The molecule has 106 valence electrons. The summed E-state index contributed by atoms with van der Waals surface area (Å²) in [6.45, 7) is 0.247. The fourth-order valence-electron chi connectivity index (χ4n) is 1.30. The van der Waals surface area contributed by atoms with Gasteiger partial charge in [-0.3, -0.25) is 4.79 Å². The monoisotopic (exact) mass is 286 g/mol. The first-order valence-electron chi connectivity index (χ1n) is 5.68. The van der Waals surface area contributed by atoms with Gasteiger partial charge in [-0.1, -0.05) is 0 Å². The number of anilines is 1. The quantitative estimate of drug-likeness (QED) is 0.752. The van der Waals surface area contributed by atoms with Crippen molar-refractivity contribution in [3.63, 3.8) is 0 Å². The van der Waals surface area contributed by atoms with Gasteiger partial charge < -0.3 is 10.2 Å². The predicted octanol–water partition coefficient (Wildman–Crippen LogP) is -0.255. The van der Waals surface area contributed by atoms with E-state index in [4.69, 9.17) is 0 Å². The first-order valence-corrected chi connectivity index (χ1v) is 7.34. The number of hydrogen-bond acceptors (Lipinski definition) is 5. The second-order valence-corrected chi connectivity index (χ2v) is 6.13. The van der Waals surface area contributed by atoms with Crippen LogP contribution in [0.2, 0.25) is 0 Å². The third-order valence-electron chi connectivity index (χ3n) is 2.40. The molecule has 0 saturated heterocycles. The number of carbonyl (C=O) groups is 1. The van der Waals surface area contributed by atoms with E-state index in [0.29, 0.717) is 11.4 Å². The number of amides is 1. The smallest absolute Gasteiger partial charge is 0.254 e. The summed E-state index contributed by atoms with van der Waals surface area (Å²) >= 11 is 0. The Morgan fingerprint density at radius 1 is 1.37 bits per heavy atom. The molecule has 7 nitrogen and oxygen atoms in total. The number of sulfonamides is 1. The Labute approximate surface area is 113 Å². The molecule has 0 aliphatic heterocycles. The van der Waals surface area contributed by atoms with Crippen molar-refractivity contribution in [1.29, 1.82) is 0 Å². The molecule has 0 aliphatic rings. The van der Waals surface area contributed by atoms with Crippen molar-refractivity contribution in [2.45, 2.75) is 0 Å². The molecule has 0 saturated carbocycles. The zero-order chi connectivity index (χ0) is 14.5. The number of nitrogens with one attached hydrogen (secondary N) is 2. The number of nitrogens with zero attached hydrogens (tertiary/aromatic N) is 2. The zero-order valence-electron chi connectivity index (χ0n) is 11.2. The Morgan fingerprint density at radius 3 is 2.53 bits per heavy atom. The molecule has 1 aromatic heterocycles. The molecule has 0 bridgehead atoms. The molecule has 0 aliphatic carbocycles. The first-order chi connectivity index (χ1) is 8.85. The number of pyridine rings is 1. The summed E-state index contributed by atoms with van der Waals surface area (Å²) in [7, 11) is 1.47. The van der Waals surface area contributed by atoms with E-state index in [2.05, 4.69) is 15.0 Å². The second-order valence-electron chi connectivity index (χ2n) is 4.08. The summed E-state index contributed by atoms with van der Waals surface area (Å²) < 4.78 is 24.6. The molecular formula is C11H18N4O3S. The Morgan fingerprint density at radius 2 is 2.05 bits per heavy atom. The van der Waals surface area contributed by atoms with Gasteiger partial charge in [0, 0.05) is 26.8 Å². The van der Waals surface area contributed by atoms with Crippen molar-refractivity contribution in [3.8, 4) is 0 Å². The Hall–Kier alpha value is -1.67. The maximum absolute atomic E-state index is 11.6. The largest absolute Gasteiger partial charge is 0.369 e. The lowest BCUT2D eigenvalue weighted by Gasteiger charge is -2.10. The van der Waals surface area contributed by atoms with Crippen LogP contribution in [-0.2, 0) is 10.0 Å². The lowest BCUT2D eigenvalue weighted by Crippen LogP contribution is -2.26. The molecule has 0 aromatic carbocycles. The topological polar surface area (TPSA) is 91.4 Å². The van der Waals surface area contributed by atoms with Crippen LogP contribution in [0.1, 0.15) is 10.4 Å². The molecule has 8 heteroatoms. The molecule has 0 radical (unpaired) electrons. The lowest BCUT2D eigenvalue weighted by molar-refractivity contribution is 0.0827. The van der Waals surface area contributed by atoms with Crippen LogP contribution in [-0.4, -0.2) is 57.6 Å². The molecule has 0 unspecified atom stereocenters. The second kappa shape index (κ2) is 6.48. The van der Waals surface area contributed by atoms with Crippen LogP contribution in [0.4, 0.5) is 5.82 Å². The van der Waals surface area contributed by atoms with Crippen LogP contribution in [0.15, 0.2) is 18.3 Å². The van der Waals surface area contributed by atoms with Crippen LogP contribution in [0.25, 0.3) is 0 Å². The number of carbonyl (C=O) groups excluding carboxylic acids is 1. The molecular weight excluding hydrogens is 268 g/mol. The highest BCUT2D eigenvalue weighted by atomic mass is 32.2. The molecule has 1 rings (SSSR count). The SMILES string of the molecule is CNS(=O)(=O)CCNc1ccc(C(=O)N(C)C)cn1. The van der Waals surface area contributed by atoms with Gasteiger partial charge in [0.15, 0.2) is 0 Å². The average Bonchev–Trinajstić information content (AvgIpc) is 2.38. The van der Waals surface area contributed by atoms with E-state index in [0.717, 1.165) is 0 Å². The van der Waals surface area contributed by atoms with Crippen molar-refractivity contribution in [2.75, 3.05) is 38.8 Å². The van der Waals surface area contributed by atoms with Gasteiger partial charge in [-0.25, -0.2) is 18.1 Å². The van der Waals surface area contributed by atoms with Gasteiger partial charge in [0.1, 0.15) is 5.82 Å². The van der Waals surface area contributed by atoms with Gasteiger partial charge >= 0.3 is 0 Å². The van der Waals surface area contributed by atoms with Gasteiger partial charge in [0.05, 0.1) is 11.3 Å². The van der Waals surface area contributed by atoms with E-state index in [1.807, 2.05) is 0 Å². The summed E-state index contributed by atoms with van der Waals surface area (Å²) in [4.78, 5) is 17.1. The van der Waals surface area contributed by atoms with Crippen LogP contribution < -0.4 is 10.0 Å². The van der Waals surface area contributed by atoms with Crippen molar-refractivity contribution >= 4 is 21.7 Å². The minimum Gasteiger partial charge on any atom is -0.369 e. The van der Waals surface area contributed by atoms with E-state index >= 15 is 0 Å². The summed E-state index contributed by atoms with van der Waals surface area (Å²) in [6.07, 6.45) is 1.46. The normalized spacial score (nSPS) is 11.1. The van der Waals surface area contributed by atoms with Crippen molar-refractivity contribution in [1.82, 2.24) is 14.6 Å². The summed E-state index contributed by atoms with van der Waals surface area (Å²) in [5.41, 5.74) is 0.485. The van der Waals surface area contributed by atoms with Crippen LogP contribution in [0.3, 0.4) is 0 Å². The fraction of sp³-hybridized carbons (Fsp3) is 0.455. The number of hydrogen-bond donors (Lipinski definition) is 2. The number of rotatable bonds is 6. The van der Waals surface area contributed by atoms with E-state index < -0.39 is 10.0 Å². The van der Waals surface area contributed by atoms with Gasteiger partial charge in [-0.2, -0.15) is 0 Å². The maximum atomic E-state index is 11.6. The Bertz CT molecular complexity index is 525. The Kier molecular flexibility index (Phi) is 5.25. The molecule has 2 N–H and O–H groups in total. The van der Waals surface area contributed by atoms with Crippen LogP contribution in [0.5, 0.6) is 0 Å². The third kappa shape index (κ3) is 4.84. The Balaban J connectivity index is 2.56. The molecule has 19 heavy (non-hydrogen) atoms. The molecule has 0 fully saturated rings. The molecule has 1 heterocycles. The zero-order valence-corrected chi connectivity index (χ0v) is 12.0. The average molecular weight is 286 g/mol. The van der Waals surface area contributed by atoms with Crippen LogP contribution in [0, 0.1) is 0 Å². The maximum Gasteiger partial charge on any atom is 0.254 e. The highest BCUT2D eigenvalue weighted by Gasteiger charge is 2.09. The summed E-state index contributed by atoms with van der Waals surface area (Å²) in [6, 6.07) is 3.28. The minimum atomic E-state index is -3.22. The van der Waals surface area contributed by atoms with Gasteiger partial charge in [-0.05, 0) is 19.2 Å². The highest BCUT2D eigenvalue weighted by Crippen LogP contribution is 2.06. The third-order valence-corrected chi connectivity index (χ3v) is 3.77. The first kappa shape index (κ1) is 15.4. The van der Waals surface area contributed by atoms with Crippen molar-refractivity contribution in [2.24, 2.45) is 0 Å². The fourth-order valence-corrected chi connectivity index (χ4v) is 1.87. The molecule has 1 amide bonds. The van der Waals surface area contributed by atoms with E-state index in [9.17, 15) is 13.2 Å². The lowest BCUT2D eigenvalue weighted by atomic mass is 10.2. The van der Waals surface area contributed by atoms with Gasteiger partial charge in [0.2, 0.25) is 10.0 Å².